The molecule has 1 aromatic carbocycles. The molecule has 0 atom stereocenters. The monoisotopic (exact) mass is 344 g/mol. The molecule has 2 N–H and O–H groups in total. The van der Waals surface area contributed by atoms with Crippen LogP contribution in [0.5, 0.6) is 0 Å². The van der Waals surface area contributed by atoms with Gasteiger partial charge < -0.3 is 10.6 Å². The van der Waals surface area contributed by atoms with Gasteiger partial charge in [0.15, 0.2) is 0 Å². The molecule has 5 nitrogen and oxygen atoms in total. The van der Waals surface area contributed by atoms with E-state index in [-0.39, 0.29) is 24.3 Å². The van der Waals surface area contributed by atoms with Crippen molar-refractivity contribution in [3.8, 4) is 11.1 Å². The first-order chi connectivity index (χ1) is 11.5. The van der Waals surface area contributed by atoms with Crippen LogP contribution in [0.1, 0.15) is 13.8 Å². The van der Waals surface area contributed by atoms with Gasteiger partial charge in [0.05, 0.1) is 11.9 Å². The van der Waals surface area contributed by atoms with Gasteiger partial charge in [-0.05, 0) is 31.5 Å². The number of halogens is 1. The minimum absolute atomic E-state index is 0.0839. The van der Waals surface area contributed by atoms with Gasteiger partial charge in [0.2, 0.25) is 5.91 Å². The molecule has 0 bridgehead atoms. The number of benzene rings is 1. The molecule has 3 aromatic rings. The molecule has 0 saturated carbocycles. The number of nitrogens with zero attached hydrogens (tertiary/aromatic N) is 2. The Morgan fingerprint density at radius 1 is 1.25 bits per heavy atom. The van der Waals surface area contributed by atoms with Gasteiger partial charge in [0.1, 0.15) is 22.8 Å². The number of anilines is 1. The van der Waals surface area contributed by atoms with Crippen molar-refractivity contribution in [1.29, 1.82) is 0 Å². The summed E-state index contributed by atoms with van der Waals surface area (Å²) in [4.78, 5) is 21.2. The lowest BCUT2D eigenvalue weighted by molar-refractivity contribution is -0.119. The van der Waals surface area contributed by atoms with Crippen LogP contribution in [-0.4, -0.2) is 28.5 Å². The zero-order chi connectivity index (χ0) is 17.1. The van der Waals surface area contributed by atoms with Crippen LogP contribution >= 0.6 is 11.3 Å². The molecule has 0 aliphatic carbocycles. The summed E-state index contributed by atoms with van der Waals surface area (Å²) in [5.74, 6) is 0.216. The maximum Gasteiger partial charge on any atom is 0.239 e. The fourth-order valence-electron chi connectivity index (χ4n) is 2.39. The number of hydrogen-bond acceptors (Lipinski definition) is 5. The second kappa shape index (κ2) is 6.92. The lowest BCUT2D eigenvalue weighted by Gasteiger charge is -2.11. The Balaban J connectivity index is 1.92. The first-order valence-electron chi connectivity index (χ1n) is 7.56. The highest BCUT2D eigenvalue weighted by Gasteiger charge is 2.14. The van der Waals surface area contributed by atoms with Gasteiger partial charge in [-0.15, -0.1) is 11.3 Å². The van der Waals surface area contributed by atoms with E-state index < -0.39 is 0 Å². The van der Waals surface area contributed by atoms with E-state index in [9.17, 15) is 9.18 Å². The molecule has 0 aliphatic rings. The first kappa shape index (κ1) is 16.3. The van der Waals surface area contributed by atoms with Gasteiger partial charge in [0, 0.05) is 17.0 Å². The number of rotatable bonds is 5. The fraction of sp³-hybridized carbons (Fsp3) is 0.235. The largest absolute Gasteiger partial charge is 0.360 e. The van der Waals surface area contributed by atoms with Crippen molar-refractivity contribution >= 4 is 33.3 Å². The average Bonchev–Trinajstić information content (AvgIpc) is 2.97. The number of aromatic nitrogens is 2. The third-order valence-electron chi connectivity index (χ3n) is 3.39. The summed E-state index contributed by atoms with van der Waals surface area (Å²) in [6.07, 6.45) is 1.47. The third kappa shape index (κ3) is 3.51. The van der Waals surface area contributed by atoms with E-state index in [4.69, 9.17) is 0 Å². The molecule has 1 amide bonds. The summed E-state index contributed by atoms with van der Waals surface area (Å²) in [5, 5.41) is 8.70. The van der Waals surface area contributed by atoms with Crippen LogP contribution < -0.4 is 10.6 Å². The number of carbonyl (C=O) groups excluding carboxylic acids is 1. The molecule has 0 spiro atoms. The van der Waals surface area contributed by atoms with Crippen LogP contribution in [0.3, 0.4) is 0 Å². The van der Waals surface area contributed by atoms with Gasteiger partial charge >= 0.3 is 0 Å². The van der Waals surface area contributed by atoms with E-state index in [1.54, 1.807) is 12.1 Å². The molecule has 3 rings (SSSR count). The standard InChI is InChI=1S/C17H17FN4OS/c1-10(2)22-14(23)7-19-16-15-13(8-24-17(15)21-9-20-16)11-3-5-12(18)6-4-11/h3-6,8-10H,7H2,1-2H3,(H,22,23)(H,19,20,21). The van der Waals surface area contributed by atoms with Gasteiger partial charge in [-0.2, -0.15) is 0 Å². The Labute approximate surface area is 143 Å². The average molecular weight is 344 g/mol. The SMILES string of the molecule is CC(C)NC(=O)CNc1ncnc2scc(-c3ccc(F)cc3)c12. The zero-order valence-corrected chi connectivity index (χ0v) is 14.2. The van der Waals surface area contributed by atoms with Crippen molar-refractivity contribution < 1.29 is 9.18 Å². The Morgan fingerprint density at radius 2 is 2.00 bits per heavy atom. The van der Waals surface area contributed by atoms with Gasteiger partial charge in [-0.25, -0.2) is 14.4 Å². The van der Waals surface area contributed by atoms with Crippen molar-refractivity contribution in [2.24, 2.45) is 0 Å². The van der Waals surface area contributed by atoms with Crippen LogP contribution in [0.4, 0.5) is 10.2 Å². The van der Waals surface area contributed by atoms with Crippen molar-refractivity contribution in [3.63, 3.8) is 0 Å². The summed E-state index contributed by atoms with van der Waals surface area (Å²) >= 11 is 1.49. The van der Waals surface area contributed by atoms with E-state index >= 15 is 0 Å². The Morgan fingerprint density at radius 3 is 2.71 bits per heavy atom. The van der Waals surface area contributed by atoms with Gasteiger partial charge in [-0.1, -0.05) is 12.1 Å². The molecule has 0 aliphatic heterocycles. The molecular formula is C17H17FN4OS. The maximum absolute atomic E-state index is 13.2. The Bertz CT molecular complexity index is 861. The molecule has 0 fully saturated rings. The highest BCUT2D eigenvalue weighted by Crippen LogP contribution is 2.36. The summed E-state index contributed by atoms with van der Waals surface area (Å²) in [5.41, 5.74) is 1.80. The number of nitrogens with one attached hydrogen (secondary N) is 2. The predicted octanol–water partition coefficient (Wildman–Crippen LogP) is 3.43. The van der Waals surface area contributed by atoms with Gasteiger partial charge in [0.25, 0.3) is 0 Å². The van der Waals surface area contributed by atoms with Crippen molar-refractivity contribution in [2.75, 3.05) is 11.9 Å². The topological polar surface area (TPSA) is 66.9 Å². The third-order valence-corrected chi connectivity index (χ3v) is 4.28. The Hall–Kier alpha value is -2.54. The van der Waals surface area contributed by atoms with E-state index in [2.05, 4.69) is 20.6 Å². The van der Waals surface area contributed by atoms with E-state index in [1.165, 1.54) is 29.8 Å². The summed E-state index contributed by atoms with van der Waals surface area (Å²) in [6, 6.07) is 6.37. The van der Waals surface area contributed by atoms with Crippen LogP contribution in [0.2, 0.25) is 0 Å². The summed E-state index contributed by atoms with van der Waals surface area (Å²) in [6.45, 7) is 3.95. The van der Waals surface area contributed by atoms with Gasteiger partial charge in [-0.3, -0.25) is 4.79 Å². The van der Waals surface area contributed by atoms with Crippen molar-refractivity contribution in [1.82, 2.24) is 15.3 Å². The highest BCUT2D eigenvalue weighted by atomic mass is 32.1. The highest BCUT2D eigenvalue weighted by molar-refractivity contribution is 7.17. The summed E-state index contributed by atoms with van der Waals surface area (Å²) in [7, 11) is 0. The van der Waals surface area contributed by atoms with E-state index in [0.717, 1.165) is 21.3 Å². The molecule has 0 unspecified atom stereocenters. The lowest BCUT2D eigenvalue weighted by atomic mass is 10.1. The number of fused-ring (bicyclic) bond motifs is 1. The van der Waals surface area contributed by atoms with Crippen molar-refractivity contribution in [2.45, 2.75) is 19.9 Å². The predicted molar refractivity (Wildman–Crippen MR) is 94.6 cm³/mol. The smallest absolute Gasteiger partial charge is 0.239 e. The quantitative estimate of drug-likeness (QED) is 0.744. The summed E-state index contributed by atoms with van der Waals surface area (Å²) < 4.78 is 13.2. The maximum atomic E-state index is 13.2. The molecule has 2 aromatic heterocycles. The fourth-order valence-corrected chi connectivity index (χ4v) is 3.30. The minimum atomic E-state index is -0.279. The molecule has 24 heavy (non-hydrogen) atoms. The van der Waals surface area contributed by atoms with E-state index in [1.807, 2.05) is 19.2 Å². The van der Waals surface area contributed by atoms with Crippen LogP contribution in [0.25, 0.3) is 21.3 Å². The van der Waals surface area contributed by atoms with Crippen molar-refractivity contribution in [3.05, 3.63) is 41.8 Å². The van der Waals surface area contributed by atoms with E-state index in [0.29, 0.717) is 5.82 Å². The lowest BCUT2D eigenvalue weighted by Crippen LogP contribution is -2.35. The molecule has 2 heterocycles. The second-order valence-corrected chi connectivity index (χ2v) is 6.49. The number of hydrogen-bond donors (Lipinski definition) is 2. The molecule has 124 valence electrons. The second-order valence-electron chi connectivity index (χ2n) is 5.63. The normalized spacial score (nSPS) is 11.0. The van der Waals surface area contributed by atoms with Crippen LogP contribution in [0, 0.1) is 5.82 Å². The molecule has 7 heteroatoms. The number of carbonyl (C=O) groups is 1. The molecule has 0 saturated heterocycles. The number of thiophene rings is 1. The zero-order valence-electron chi connectivity index (χ0n) is 13.3. The molecule has 0 radical (unpaired) electrons. The Kier molecular flexibility index (Phi) is 4.71. The first-order valence-corrected chi connectivity index (χ1v) is 8.44. The molecular weight excluding hydrogens is 327 g/mol. The minimum Gasteiger partial charge on any atom is -0.360 e. The van der Waals surface area contributed by atoms with Crippen LogP contribution in [0.15, 0.2) is 36.0 Å². The number of amides is 1. The van der Waals surface area contributed by atoms with Crippen LogP contribution in [-0.2, 0) is 4.79 Å².